The fraction of sp³-hybridized carbons (Fsp3) is 0. The third-order valence-electron chi connectivity index (χ3n) is 6.23. The number of aromatic amines is 2. The van der Waals surface area contributed by atoms with Crippen molar-refractivity contribution in [2.75, 3.05) is 0 Å². The topological polar surface area (TPSA) is 44.5 Å². The molecule has 0 radical (unpaired) electrons. The van der Waals surface area contributed by atoms with E-state index < -0.39 is 0 Å². The lowest BCUT2D eigenvalue weighted by Gasteiger charge is -2.11. The number of H-pyrrole nitrogens is 2. The fourth-order valence-corrected chi connectivity index (χ4v) is 4.95. The van der Waals surface area contributed by atoms with Crippen LogP contribution < -0.4 is 0 Å². The molecular formula is C27H17N3. The van der Waals surface area contributed by atoms with Crippen molar-refractivity contribution in [3.63, 3.8) is 0 Å². The minimum Gasteiger partial charge on any atom is -0.354 e. The SMILES string of the molecule is c1ccc2c(c1)[nH]c1c3cc4[nH]c5ccccc5c4c(-c4ccncc4)c3ccc21. The number of fused-ring (bicyclic) bond motifs is 8. The standard InChI is InChI=1S/C27H17N3/c1-3-7-22-17(5-1)19-10-9-18-21(27(19)30-22)15-24-26(20-6-2-4-8-23(20)29-24)25(18)16-11-13-28-14-12-16/h1-15,29-30H. The summed E-state index contributed by atoms with van der Waals surface area (Å²) in [7, 11) is 0. The fourth-order valence-electron chi connectivity index (χ4n) is 4.95. The highest BCUT2D eigenvalue weighted by Gasteiger charge is 2.17. The van der Waals surface area contributed by atoms with Gasteiger partial charge < -0.3 is 9.97 Å². The Kier molecular flexibility index (Phi) is 3.00. The lowest BCUT2D eigenvalue weighted by molar-refractivity contribution is 1.33. The molecule has 0 aliphatic heterocycles. The summed E-state index contributed by atoms with van der Waals surface area (Å²) in [5.41, 5.74) is 7.10. The summed E-state index contributed by atoms with van der Waals surface area (Å²) in [5, 5.41) is 7.51. The van der Waals surface area contributed by atoms with Crippen molar-refractivity contribution in [3.05, 3.63) is 91.3 Å². The van der Waals surface area contributed by atoms with Gasteiger partial charge in [-0.1, -0.05) is 48.5 Å². The zero-order valence-electron chi connectivity index (χ0n) is 16.1. The van der Waals surface area contributed by atoms with Crippen LogP contribution in [-0.4, -0.2) is 15.0 Å². The minimum atomic E-state index is 1.15. The molecule has 0 saturated heterocycles. The summed E-state index contributed by atoms with van der Waals surface area (Å²) in [5.74, 6) is 0. The van der Waals surface area contributed by atoms with E-state index in [0.717, 1.165) is 11.0 Å². The maximum absolute atomic E-state index is 4.25. The van der Waals surface area contributed by atoms with Gasteiger partial charge in [-0.2, -0.15) is 0 Å². The Morgan fingerprint density at radius 3 is 2.07 bits per heavy atom. The molecule has 3 nitrogen and oxygen atoms in total. The molecular weight excluding hydrogens is 366 g/mol. The second-order valence-corrected chi connectivity index (χ2v) is 7.83. The molecule has 0 fully saturated rings. The van der Waals surface area contributed by atoms with Gasteiger partial charge >= 0.3 is 0 Å². The van der Waals surface area contributed by atoms with Gasteiger partial charge in [0.25, 0.3) is 0 Å². The number of nitrogens with zero attached hydrogens (tertiary/aromatic N) is 1. The molecule has 4 aromatic carbocycles. The largest absolute Gasteiger partial charge is 0.354 e. The zero-order valence-corrected chi connectivity index (χ0v) is 16.1. The molecule has 7 rings (SSSR count). The van der Waals surface area contributed by atoms with Gasteiger partial charge in [0.2, 0.25) is 0 Å². The van der Waals surface area contributed by atoms with Crippen LogP contribution >= 0.6 is 0 Å². The second kappa shape index (κ2) is 5.71. The number of hydrogen-bond donors (Lipinski definition) is 2. The Labute approximate surface area is 172 Å². The number of para-hydroxylation sites is 2. The van der Waals surface area contributed by atoms with E-state index in [2.05, 4.69) is 93.8 Å². The highest BCUT2D eigenvalue weighted by Crippen LogP contribution is 2.42. The van der Waals surface area contributed by atoms with E-state index >= 15 is 0 Å². The molecule has 140 valence electrons. The normalized spacial score (nSPS) is 12.0. The molecule has 0 amide bonds. The van der Waals surface area contributed by atoms with Crippen LogP contribution in [0.5, 0.6) is 0 Å². The number of aromatic nitrogens is 3. The summed E-state index contributed by atoms with van der Waals surface area (Å²) < 4.78 is 0. The number of nitrogens with one attached hydrogen (secondary N) is 2. The number of rotatable bonds is 1. The van der Waals surface area contributed by atoms with Crippen LogP contribution in [0.3, 0.4) is 0 Å². The molecule has 0 aliphatic carbocycles. The Bertz CT molecular complexity index is 1740. The summed E-state index contributed by atoms with van der Waals surface area (Å²) in [6, 6.07) is 28.1. The van der Waals surface area contributed by atoms with Crippen LogP contribution in [0.15, 0.2) is 91.3 Å². The van der Waals surface area contributed by atoms with Crippen molar-refractivity contribution >= 4 is 54.4 Å². The van der Waals surface area contributed by atoms with Gasteiger partial charge in [-0.05, 0) is 46.8 Å². The van der Waals surface area contributed by atoms with Crippen molar-refractivity contribution in [1.29, 1.82) is 0 Å². The average Bonchev–Trinajstić information content (AvgIpc) is 3.36. The van der Waals surface area contributed by atoms with E-state index in [1.165, 1.54) is 54.5 Å². The first-order valence-electron chi connectivity index (χ1n) is 10.2. The van der Waals surface area contributed by atoms with Gasteiger partial charge in [-0.25, -0.2) is 0 Å². The van der Waals surface area contributed by atoms with Crippen molar-refractivity contribution in [2.45, 2.75) is 0 Å². The summed E-state index contributed by atoms with van der Waals surface area (Å²) in [6.07, 6.45) is 3.74. The third kappa shape index (κ3) is 2.01. The Morgan fingerprint density at radius 1 is 0.533 bits per heavy atom. The lowest BCUT2D eigenvalue weighted by Crippen LogP contribution is -1.86. The third-order valence-corrected chi connectivity index (χ3v) is 6.23. The summed E-state index contributed by atoms with van der Waals surface area (Å²) in [6.45, 7) is 0. The van der Waals surface area contributed by atoms with Crippen molar-refractivity contribution in [3.8, 4) is 11.1 Å². The molecule has 0 bridgehead atoms. The van der Waals surface area contributed by atoms with E-state index in [4.69, 9.17) is 0 Å². The van der Waals surface area contributed by atoms with Gasteiger partial charge in [0.15, 0.2) is 0 Å². The molecule has 0 saturated carbocycles. The van der Waals surface area contributed by atoms with Crippen LogP contribution in [0.2, 0.25) is 0 Å². The quantitative estimate of drug-likeness (QED) is 0.310. The van der Waals surface area contributed by atoms with Gasteiger partial charge in [0, 0.05) is 55.9 Å². The first-order chi connectivity index (χ1) is 14.9. The van der Waals surface area contributed by atoms with Crippen LogP contribution in [0.4, 0.5) is 0 Å². The minimum absolute atomic E-state index is 1.15. The molecule has 0 spiro atoms. The predicted molar refractivity (Wildman–Crippen MR) is 126 cm³/mol. The Hall–Kier alpha value is -4.11. The van der Waals surface area contributed by atoms with Gasteiger partial charge in [-0.15, -0.1) is 0 Å². The van der Waals surface area contributed by atoms with E-state index in [9.17, 15) is 0 Å². The molecule has 2 N–H and O–H groups in total. The summed E-state index contributed by atoms with van der Waals surface area (Å²) >= 11 is 0. The molecule has 3 heteroatoms. The molecule has 0 aliphatic rings. The predicted octanol–water partition coefficient (Wildman–Crippen LogP) is 7.17. The van der Waals surface area contributed by atoms with Crippen LogP contribution in [0, 0.1) is 0 Å². The van der Waals surface area contributed by atoms with E-state index in [0.29, 0.717) is 0 Å². The van der Waals surface area contributed by atoms with Crippen LogP contribution in [0.25, 0.3) is 65.5 Å². The molecule has 0 unspecified atom stereocenters. The first kappa shape index (κ1) is 15.8. The molecule has 3 heterocycles. The van der Waals surface area contributed by atoms with Gasteiger partial charge in [-0.3, -0.25) is 4.98 Å². The van der Waals surface area contributed by atoms with E-state index in [1.54, 1.807) is 0 Å². The maximum atomic E-state index is 4.25. The highest BCUT2D eigenvalue weighted by atomic mass is 14.7. The second-order valence-electron chi connectivity index (χ2n) is 7.83. The first-order valence-corrected chi connectivity index (χ1v) is 10.2. The van der Waals surface area contributed by atoms with Crippen molar-refractivity contribution in [2.24, 2.45) is 0 Å². The van der Waals surface area contributed by atoms with Gasteiger partial charge in [0.1, 0.15) is 0 Å². The van der Waals surface area contributed by atoms with E-state index in [-0.39, 0.29) is 0 Å². The van der Waals surface area contributed by atoms with Gasteiger partial charge in [0.05, 0.1) is 5.52 Å². The van der Waals surface area contributed by atoms with Crippen LogP contribution in [0.1, 0.15) is 0 Å². The monoisotopic (exact) mass is 383 g/mol. The number of benzene rings is 4. The lowest BCUT2D eigenvalue weighted by atomic mass is 9.92. The maximum Gasteiger partial charge on any atom is 0.0545 e. The van der Waals surface area contributed by atoms with Crippen LogP contribution in [-0.2, 0) is 0 Å². The molecule has 0 atom stereocenters. The number of pyridine rings is 1. The Balaban J connectivity index is 1.76. The zero-order chi connectivity index (χ0) is 19.7. The molecule has 30 heavy (non-hydrogen) atoms. The Morgan fingerprint density at radius 2 is 1.23 bits per heavy atom. The molecule has 7 aromatic rings. The highest BCUT2D eigenvalue weighted by molar-refractivity contribution is 6.27. The number of hydrogen-bond acceptors (Lipinski definition) is 1. The van der Waals surface area contributed by atoms with E-state index in [1.807, 2.05) is 12.4 Å². The van der Waals surface area contributed by atoms with Crippen molar-refractivity contribution in [1.82, 2.24) is 15.0 Å². The molecule has 3 aromatic heterocycles. The summed E-state index contributed by atoms with van der Waals surface area (Å²) in [4.78, 5) is 11.6. The van der Waals surface area contributed by atoms with Crippen molar-refractivity contribution < 1.29 is 0 Å². The smallest absolute Gasteiger partial charge is 0.0545 e. The average molecular weight is 383 g/mol.